The van der Waals surface area contributed by atoms with Crippen LogP contribution in [-0.2, 0) is 6.54 Å². The van der Waals surface area contributed by atoms with Gasteiger partial charge in [0.15, 0.2) is 0 Å². The Bertz CT molecular complexity index is 719. The number of aromatic nitrogens is 5. The second-order valence-corrected chi connectivity index (χ2v) is 5.31. The van der Waals surface area contributed by atoms with Crippen LogP contribution in [0.5, 0.6) is 0 Å². The molecule has 22 heavy (non-hydrogen) atoms. The Hall–Kier alpha value is -2.76. The molecule has 6 nitrogen and oxygen atoms in total. The van der Waals surface area contributed by atoms with Crippen LogP contribution in [0.1, 0.15) is 31.2 Å². The van der Waals surface area contributed by atoms with Gasteiger partial charge in [-0.1, -0.05) is 26.0 Å². The van der Waals surface area contributed by atoms with Crippen LogP contribution in [0.15, 0.2) is 49.2 Å². The van der Waals surface area contributed by atoms with E-state index in [1.165, 1.54) is 11.9 Å². The molecule has 0 atom stereocenters. The van der Waals surface area contributed by atoms with Gasteiger partial charge in [-0.25, -0.2) is 19.6 Å². The number of hydrogen-bond acceptors (Lipinski definition) is 5. The highest BCUT2D eigenvalue weighted by molar-refractivity contribution is 5.37. The zero-order chi connectivity index (χ0) is 15.4. The fourth-order valence-corrected chi connectivity index (χ4v) is 2.05. The van der Waals surface area contributed by atoms with Crippen LogP contribution in [0, 0.1) is 0 Å². The number of rotatable bonds is 5. The summed E-state index contributed by atoms with van der Waals surface area (Å²) < 4.78 is 1.73. The van der Waals surface area contributed by atoms with Gasteiger partial charge in [-0.05, 0) is 23.8 Å². The molecule has 2 heterocycles. The first-order valence-electron chi connectivity index (χ1n) is 7.23. The summed E-state index contributed by atoms with van der Waals surface area (Å²) in [7, 11) is 0. The Morgan fingerprint density at radius 1 is 1.14 bits per heavy atom. The van der Waals surface area contributed by atoms with Crippen molar-refractivity contribution in [2.75, 3.05) is 5.32 Å². The molecule has 0 saturated heterocycles. The maximum Gasteiger partial charge on any atom is 0.138 e. The summed E-state index contributed by atoms with van der Waals surface area (Å²) in [5.74, 6) is 2.02. The first-order chi connectivity index (χ1) is 10.7. The Kier molecular flexibility index (Phi) is 4.09. The normalized spacial score (nSPS) is 10.9. The SMILES string of the molecule is CC(C)c1nccc(NCc2ccc(-n3cncn3)cc2)n1. The minimum atomic E-state index is 0.323. The predicted octanol–water partition coefficient (Wildman–Crippen LogP) is 2.79. The van der Waals surface area contributed by atoms with Crippen LogP contribution >= 0.6 is 0 Å². The smallest absolute Gasteiger partial charge is 0.138 e. The summed E-state index contributed by atoms with van der Waals surface area (Å²) in [5.41, 5.74) is 2.17. The van der Waals surface area contributed by atoms with Crippen LogP contribution < -0.4 is 5.32 Å². The van der Waals surface area contributed by atoms with E-state index in [0.717, 1.165) is 17.3 Å². The van der Waals surface area contributed by atoms with Crippen LogP contribution in [0.2, 0.25) is 0 Å². The first kappa shape index (κ1) is 14.2. The van der Waals surface area contributed by atoms with Crippen molar-refractivity contribution in [3.8, 4) is 5.69 Å². The van der Waals surface area contributed by atoms with Gasteiger partial charge >= 0.3 is 0 Å². The van der Waals surface area contributed by atoms with Crippen LogP contribution in [0.4, 0.5) is 5.82 Å². The van der Waals surface area contributed by atoms with Crippen molar-refractivity contribution in [2.45, 2.75) is 26.3 Å². The number of hydrogen-bond donors (Lipinski definition) is 1. The van der Waals surface area contributed by atoms with Gasteiger partial charge in [0.2, 0.25) is 0 Å². The minimum absolute atomic E-state index is 0.323. The fourth-order valence-electron chi connectivity index (χ4n) is 2.05. The molecule has 2 aromatic heterocycles. The van der Waals surface area contributed by atoms with E-state index in [1.807, 2.05) is 18.2 Å². The largest absolute Gasteiger partial charge is 0.366 e. The minimum Gasteiger partial charge on any atom is -0.366 e. The third kappa shape index (κ3) is 3.28. The molecule has 6 heteroatoms. The highest BCUT2D eigenvalue weighted by Crippen LogP contribution is 2.13. The third-order valence-corrected chi connectivity index (χ3v) is 3.28. The lowest BCUT2D eigenvalue weighted by molar-refractivity contribution is 0.774. The highest BCUT2D eigenvalue weighted by Gasteiger charge is 2.04. The Morgan fingerprint density at radius 3 is 2.64 bits per heavy atom. The lowest BCUT2D eigenvalue weighted by Crippen LogP contribution is -2.05. The van der Waals surface area contributed by atoms with Gasteiger partial charge in [0.25, 0.3) is 0 Å². The molecule has 3 rings (SSSR count). The number of anilines is 1. The first-order valence-corrected chi connectivity index (χ1v) is 7.23. The second kappa shape index (κ2) is 6.34. The summed E-state index contributed by atoms with van der Waals surface area (Å²) in [6.07, 6.45) is 5.00. The Balaban J connectivity index is 1.65. The summed E-state index contributed by atoms with van der Waals surface area (Å²) in [4.78, 5) is 12.7. The zero-order valence-electron chi connectivity index (χ0n) is 12.6. The van der Waals surface area contributed by atoms with Crippen molar-refractivity contribution in [2.24, 2.45) is 0 Å². The maximum atomic E-state index is 4.50. The van der Waals surface area contributed by atoms with Crippen molar-refractivity contribution in [3.63, 3.8) is 0 Å². The van der Waals surface area contributed by atoms with E-state index in [-0.39, 0.29) is 0 Å². The van der Waals surface area contributed by atoms with E-state index in [4.69, 9.17) is 0 Å². The Morgan fingerprint density at radius 2 is 1.95 bits per heavy atom. The standard InChI is InChI=1S/C16H18N6/c1-12(2)16-18-8-7-15(21-16)19-9-13-3-5-14(6-4-13)22-11-17-10-20-22/h3-8,10-12H,9H2,1-2H3,(H,18,19,21). The molecule has 0 aliphatic carbocycles. The summed E-state index contributed by atoms with van der Waals surface area (Å²) >= 11 is 0. The highest BCUT2D eigenvalue weighted by atomic mass is 15.3. The molecular weight excluding hydrogens is 276 g/mol. The third-order valence-electron chi connectivity index (χ3n) is 3.28. The molecule has 0 fully saturated rings. The van der Waals surface area contributed by atoms with E-state index in [1.54, 1.807) is 17.2 Å². The lowest BCUT2D eigenvalue weighted by atomic mass is 10.2. The molecule has 112 valence electrons. The molecule has 0 unspecified atom stereocenters. The summed E-state index contributed by atoms with van der Waals surface area (Å²) in [6.45, 7) is 4.89. The molecule has 1 aromatic carbocycles. The second-order valence-electron chi connectivity index (χ2n) is 5.31. The average molecular weight is 294 g/mol. The summed E-state index contributed by atoms with van der Waals surface area (Å²) in [5, 5.41) is 7.43. The topological polar surface area (TPSA) is 68.5 Å². The number of nitrogens with one attached hydrogen (secondary N) is 1. The fraction of sp³-hybridized carbons (Fsp3) is 0.250. The molecular formula is C16H18N6. The lowest BCUT2D eigenvalue weighted by Gasteiger charge is -2.09. The predicted molar refractivity (Wildman–Crippen MR) is 84.8 cm³/mol. The Labute approximate surface area is 129 Å². The van der Waals surface area contributed by atoms with Gasteiger partial charge in [0.05, 0.1) is 5.69 Å². The van der Waals surface area contributed by atoms with Crippen molar-refractivity contribution >= 4 is 5.82 Å². The van der Waals surface area contributed by atoms with E-state index in [2.05, 4.69) is 51.3 Å². The van der Waals surface area contributed by atoms with Crippen molar-refractivity contribution < 1.29 is 0 Å². The number of nitrogens with zero attached hydrogens (tertiary/aromatic N) is 5. The molecule has 0 radical (unpaired) electrons. The van der Waals surface area contributed by atoms with Crippen LogP contribution in [-0.4, -0.2) is 24.7 Å². The van der Waals surface area contributed by atoms with E-state index in [0.29, 0.717) is 12.5 Å². The molecule has 0 bridgehead atoms. The molecule has 0 amide bonds. The van der Waals surface area contributed by atoms with Gasteiger partial charge in [-0.3, -0.25) is 0 Å². The average Bonchev–Trinajstić information content (AvgIpc) is 3.08. The van der Waals surface area contributed by atoms with Crippen LogP contribution in [0.3, 0.4) is 0 Å². The molecule has 0 spiro atoms. The molecule has 3 aromatic rings. The monoisotopic (exact) mass is 294 g/mol. The van der Waals surface area contributed by atoms with E-state index < -0.39 is 0 Å². The van der Waals surface area contributed by atoms with Gasteiger partial charge in [0.1, 0.15) is 24.3 Å². The van der Waals surface area contributed by atoms with Gasteiger partial charge in [-0.2, -0.15) is 5.10 Å². The molecule has 1 N–H and O–H groups in total. The van der Waals surface area contributed by atoms with Crippen molar-refractivity contribution in [3.05, 3.63) is 60.6 Å². The zero-order valence-corrected chi connectivity index (χ0v) is 12.6. The maximum absolute atomic E-state index is 4.50. The van der Waals surface area contributed by atoms with E-state index >= 15 is 0 Å². The molecule has 0 aliphatic heterocycles. The van der Waals surface area contributed by atoms with E-state index in [9.17, 15) is 0 Å². The van der Waals surface area contributed by atoms with Gasteiger partial charge in [-0.15, -0.1) is 0 Å². The molecule has 0 saturated carbocycles. The van der Waals surface area contributed by atoms with Crippen LogP contribution in [0.25, 0.3) is 5.69 Å². The van der Waals surface area contributed by atoms with Crippen molar-refractivity contribution in [1.82, 2.24) is 24.7 Å². The number of benzene rings is 1. The van der Waals surface area contributed by atoms with Gasteiger partial charge < -0.3 is 5.32 Å². The van der Waals surface area contributed by atoms with Gasteiger partial charge in [0, 0.05) is 18.7 Å². The summed E-state index contributed by atoms with van der Waals surface area (Å²) in [6, 6.07) is 10.1. The van der Waals surface area contributed by atoms with Crippen molar-refractivity contribution in [1.29, 1.82) is 0 Å². The quantitative estimate of drug-likeness (QED) is 0.783. The molecule has 0 aliphatic rings.